The van der Waals surface area contributed by atoms with Crippen LogP contribution >= 0.6 is 0 Å². The maximum Gasteiger partial charge on any atom is 0.144 e. The Labute approximate surface area is 648 Å². The molecule has 0 aliphatic heterocycles. The first-order chi connectivity index (χ1) is 47.7. The topological polar surface area (TPSA) is 92.1 Å². The molecule has 16 aromatic rings. The predicted octanol–water partition coefficient (Wildman–Crippen LogP) is 21.1. The smallest absolute Gasteiger partial charge is 0.144 e. The zero-order valence-electron chi connectivity index (χ0n) is 56.6. The normalized spacial score (nSPS) is 9.96. The van der Waals surface area contributed by atoms with Gasteiger partial charge in [-0.15, -0.1) is 144 Å². The minimum atomic E-state index is 0. The van der Waals surface area contributed by atoms with Crippen LogP contribution in [0.15, 0.2) is 335 Å². The van der Waals surface area contributed by atoms with Crippen LogP contribution in [0, 0.1) is 65.8 Å². The number of para-hydroxylation sites is 3. The number of imidazole rings is 3. The Morgan fingerprint density at radius 3 is 1.19 bits per heavy atom. The van der Waals surface area contributed by atoms with Crippen molar-refractivity contribution in [1.82, 2.24) is 43.6 Å². The molecule has 6 heterocycles. The molecule has 6 aromatic heterocycles. The van der Waals surface area contributed by atoms with Crippen LogP contribution in [0.2, 0.25) is 0 Å². The summed E-state index contributed by atoms with van der Waals surface area (Å²) in [6, 6.07) is 106. The maximum absolute atomic E-state index is 4.51. The quantitative estimate of drug-likeness (QED) is 0.134. The monoisotopic (exact) mass is 2030 g/mol. The molecule has 0 atom stereocenters. The van der Waals surface area contributed by atoms with E-state index in [9.17, 15) is 0 Å². The second kappa shape index (κ2) is 40.4. The Hall–Kier alpha value is -9.86. The minimum Gasteiger partial charge on any atom is -0.340 e. The van der Waals surface area contributed by atoms with E-state index in [-0.39, 0.29) is 80.4 Å². The third-order valence-electron chi connectivity index (χ3n) is 15.7. The van der Waals surface area contributed by atoms with Gasteiger partial charge in [0.1, 0.15) is 5.82 Å². The van der Waals surface area contributed by atoms with Gasteiger partial charge < -0.3 is 19.1 Å². The molecule has 0 spiro atoms. The molecule has 0 saturated carbocycles. The third kappa shape index (κ3) is 21.3. The van der Waals surface area contributed by atoms with E-state index in [4.69, 9.17) is 0 Å². The fourth-order valence-electron chi connectivity index (χ4n) is 11.3. The molecule has 9 nitrogen and oxygen atoms in total. The number of hydrogen-bond donors (Lipinski definition) is 0. The van der Waals surface area contributed by atoms with Crippen molar-refractivity contribution in [3.05, 3.63) is 392 Å². The van der Waals surface area contributed by atoms with Crippen molar-refractivity contribution in [2.24, 2.45) is 0 Å². The van der Waals surface area contributed by atoms with Crippen LogP contribution in [0.5, 0.6) is 0 Å². The summed E-state index contributed by atoms with van der Waals surface area (Å²) < 4.78 is 6.36. The molecule has 13 heteroatoms. The van der Waals surface area contributed by atoms with Crippen molar-refractivity contribution in [3.63, 3.8) is 0 Å². The molecule has 0 amide bonds. The Morgan fingerprint density at radius 1 is 0.277 bits per heavy atom. The van der Waals surface area contributed by atoms with E-state index in [1.165, 1.54) is 61.1 Å². The van der Waals surface area contributed by atoms with Crippen molar-refractivity contribution in [1.29, 1.82) is 0 Å². The second-order valence-corrected chi connectivity index (χ2v) is 22.8. The number of pyridine rings is 3. The molecule has 510 valence electrons. The Balaban J connectivity index is 0.000000170. The van der Waals surface area contributed by atoms with Gasteiger partial charge in [-0.2, -0.15) is 0 Å². The number of nitrogens with zero attached hydrogens (tertiary/aromatic N) is 9. The summed E-state index contributed by atoms with van der Waals surface area (Å²) in [6.45, 7) is 12.7. The first kappa shape index (κ1) is 78.5. The van der Waals surface area contributed by atoms with Gasteiger partial charge in [-0.05, 0) is 134 Å². The largest absolute Gasteiger partial charge is 0.340 e. The number of aryl methyl sites for hydroxylation is 6. The van der Waals surface area contributed by atoms with Crippen molar-refractivity contribution in [3.8, 4) is 85.0 Å². The summed E-state index contributed by atoms with van der Waals surface area (Å²) in [6.07, 6.45) is 17.0. The van der Waals surface area contributed by atoms with Crippen molar-refractivity contribution >= 4 is 10.8 Å². The van der Waals surface area contributed by atoms with E-state index in [1.54, 1.807) is 6.20 Å². The standard InChI is InChI=1S/C17H16N2.C17H15N2.C15H11N2.C15H10N.C13H13N.C11H8N.4Ir/c2*1-13-7-6-8-14(2)16(13)19-12-11-18-17(19)15-9-4-3-5-10-15;1-3-7-13(8-4-1)15-16-11-12-17(15)14-9-5-2-6-10-14;1-2-7-13(8-3-1)15-14-9-5-4-6-12(14)10-11-16-15;1-10-7-11(2)9-12(8-10)13-5-3-4-6-14-13;1-2-6-10(7-3-1)11-8-4-5-9-12-11;;;;/h3-12H,1-2H3;3-9,11-12H,1-2H3;1-7,9-12H;1-7,9-11H;3-9H,1-2H3;1-6,8-9H;;;;/q;3*-1;;-1;;;;. The SMILES string of the molecule is Cc1cc(C)cc(-c2ccccn2)c1.Cc1cccc(C)c1-n1ccnc1-c1[c-]cccc1.Cc1cccc(C)c1-n1ccnc1-c1ccccc1.[Ir].[Ir].[Ir].[Ir].[c-]1ccccc1-c1ccccn1.[c-]1ccccc1-c1nccc2ccccc12.[c-]1ccccc1-c1nccn1-c1ccccc1. The average molecular weight is 2030 g/mol. The zero-order chi connectivity index (χ0) is 67.0. The average Bonchev–Trinajstić information content (AvgIpc) is 1.79. The molecule has 0 saturated heterocycles. The van der Waals surface area contributed by atoms with Crippen LogP contribution in [-0.2, 0) is 80.4 Å². The van der Waals surface area contributed by atoms with E-state index in [1.807, 2.05) is 238 Å². The summed E-state index contributed by atoms with van der Waals surface area (Å²) in [5, 5.41) is 2.39. The third-order valence-corrected chi connectivity index (χ3v) is 15.7. The van der Waals surface area contributed by atoms with Gasteiger partial charge in [-0.25, -0.2) is 4.98 Å². The van der Waals surface area contributed by atoms with Gasteiger partial charge in [-0.3, -0.25) is 19.5 Å². The van der Waals surface area contributed by atoms with Crippen LogP contribution in [0.3, 0.4) is 0 Å². The van der Waals surface area contributed by atoms with Crippen molar-refractivity contribution < 1.29 is 80.4 Å². The fraction of sp³-hybridized carbons (Fsp3) is 0.0682. The molecular weight excluding hydrogens is 1950 g/mol. The summed E-state index contributed by atoms with van der Waals surface area (Å²) in [7, 11) is 0. The summed E-state index contributed by atoms with van der Waals surface area (Å²) in [5.41, 5.74) is 20.5. The zero-order valence-corrected chi connectivity index (χ0v) is 66.2. The molecule has 0 aliphatic rings. The van der Waals surface area contributed by atoms with Crippen LogP contribution in [0.4, 0.5) is 0 Å². The number of aromatic nitrogens is 9. The van der Waals surface area contributed by atoms with E-state index in [0.29, 0.717) is 0 Å². The molecule has 0 bridgehead atoms. The summed E-state index contributed by atoms with van der Waals surface area (Å²) in [4.78, 5) is 26.4. The van der Waals surface area contributed by atoms with Gasteiger partial charge in [0.25, 0.3) is 0 Å². The van der Waals surface area contributed by atoms with Crippen LogP contribution < -0.4 is 0 Å². The van der Waals surface area contributed by atoms with E-state index >= 15 is 0 Å². The van der Waals surface area contributed by atoms with Gasteiger partial charge in [0.15, 0.2) is 0 Å². The van der Waals surface area contributed by atoms with Gasteiger partial charge in [0.05, 0.1) is 23.0 Å². The van der Waals surface area contributed by atoms with Crippen LogP contribution in [0.25, 0.3) is 95.8 Å². The van der Waals surface area contributed by atoms with Crippen LogP contribution in [-0.4, -0.2) is 43.6 Å². The second-order valence-electron chi connectivity index (χ2n) is 22.8. The van der Waals surface area contributed by atoms with Gasteiger partial charge >= 0.3 is 0 Å². The molecule has 4 radical (unpaired) electrons. The molecule has 101 heavy (non-hydrogen) atoms. The summed E-state index contributed by atoms with van der Waals surface area (Å²) >= 11 is 0. The van der Waals surface area contributed by atoms with Gasteiger partial charge in [-0.1, -0.05) is 145 Å². The minimum absolute atomic E-state index is 0. The summed E-state index contributed by atoms with van der Waals surface area (Å²) in [5.74, 6) is 2.83. The van der Waals surface area contributed by atoms with E-state index in [2.05, 4.69) is 200 Å². The Bertz CT molecular complexity index is 4760. The van der Waals surface area contributed by atoms with Crippen LogP contribution in [0.1, 0.15) is 33.4 Å². The molecule has 0 fully saturated rings. The first-order valence-electron chi connectivity index (χ1n) is 32.1. The number of hydrogen-bond acceptors (Lipinski definition) is 6. The van der Waals surface area contributed by atoms with Gasteiger partial charge in [0, 0.05) is 159 Å². The fourth-order valence-corrected chi connectivity index (χ4v) is 11.3. The number of rotatable bonds is 9. The molecule has 0 N–H and O–H groups in total. The predicted molar refractivity (Wildman–Crippen MR) is 397 cm³/mol. The Morgan fingerprint density at radius 2 is 0.693 bits per heavy atom. The first-order valence-corrected chi connectivity index (χ1v) is 32.1. The molecule has 16 rings (SSSR count). The molecule has 10 aromatic carbocycles. The van der Waals surface area contributed by atoms with Gasteiger partial charge in [0.2, 0.25) is 0 Å². The van der Waals surface area contributed by atoms with Crippen molar-refractivity contribution in [2.45, 2.75) is 41.5 Å². The molecule has 0 unspecified atom stereocenters. The number of fused-ring (bicyclic) bond motifs is 1. The molecular formula is C88H73Ir4N9-4. The van der Waals surface area contributed by atoms with Crippen molar-refractivity contribution in [2.75, 3.05) is 0 Å². The molecule has 0 aliphatic carbocycles. The van der Waals surface area contributed by atoms with E-state index < -0.39 is 0 Å². The Kier molecular flexibility index (Phi) is 31.4. The maximum atomic E-state index is 4.51. The number of benzene rings is 10. The van der Waals surface area contributed by atoms with E-state index in [0.717, 1.165) is 68.1 Å².